The summed E-state index contributed by atoms with van der Waals surface area (Å²) in [6.07, 6.45) is 2.28. The van der Waals surface area contributed by atoms with E-state index in [1.165, 1.54) is 4.80 Å². The first-order valence-electron chi connectivity index (χ1n) is 1.49. The lowest BCUT2D eigenvalue weighted by Crippen LogP contribution is -1.90. The molecule has 0 saturated carbocycles. The molecule has 0 aliphatic rings. The third-order valence-electron chi connectivity index (χ3n) is 0.408. The quantitative estimate of drug-likeness (QED) is 0.404. The molecule has 1 radical (unpaired) electrons. The van der Waals surface area contributed by atoms with E-state index in [9.17, 15) is 0 Å². The van der Waals surface area contributed by atoms with Crippen molar-refractivity contribution in [3.8, 4) is 0 Å². The smallest absolute Gasteiger partial charge is 0.167 e. The number of tetrazole rings is 1. The molecular weight excluding hydrogens is 80.1 g/mol. The SMILES string of the molecule is Cn1n[c]nn1. The Morgan fingerprint density at radius 2 is 2.50 bits per heavy atom. The van der Waals surface area contributed by atoms with Gasteiger partial charge < -0.3 is 0 Å². The Bertz CT molecular complexity index is 109. The summed E-state index contributed by atoms with van der Waals surface area (Å²) in [4.78, 5) is 1.33. The molecule has 0 aromatic carbocycles. The summed E-state index contributed by atoms with van der Waals surface area (Å²) < 4.78 is 0. The minimum atomic E-state index is 1.33. The second-order valence-electron chi connectivity index (χ2n) is 0.879. The summed E-state index contributed by atoms with van der Waals surface area (Å²) in [5, 5.41) is 10.2. The maximum atomic E-state index is 3.49. The van der Waals surface area contributed by atoms with Crippen LogP contribution < -0.4 is 0 Å². The zero-order chi connectivity index (χ0) is 4.41. The first-order valence-corrected chi connectivity index (χ1v) is 1.49. The van der Waals surface area contributed by atoms with Crippen molar-refractivity contribution in [2.24, 2.45) is 7.05 Å². The Labute approximate surface area is 34.8 Å². The molecule has 31 valence electrons. The molecule has 1 heterocycles. The van der Waals surface area contributed by atoms with Crippen LogP contribution in [-0.2, 0) is 7.05 Å². The van der Waals surface area contributed by atoms with E-state index in [4.69, 9.17) is 0 Å². The van der Waals surface area contributed by atoms with E-state index in [0.717, 1.165) is 0 Å². The van der Waals surface area contributed by atoms with E-state index >= 15 is 0 Å². The van der Waals surface area contributed by atoms with Gasteiger partial charge in [0, 0.05) is 0 Å². The van der Waals surface area contributed by atoms with Crippen molar-refractivity contribution in [1.29, 1.82) is 0 Å². The number of rotatable bonds is 0. The van der Waals surface area contributed by atoms with Gasteiger partial charge in [-0.1, -0.05) is 0 Å². The molecule has 1 aromatic heterocycles. The molecule has 0 atom stereocenters. The zero-order valence-corrected chi connectivity index (χ0v) is 3.29. The first-order chi connectivity index (χ1) is 2.89. The molecule has 6 heavy (non-hydrogen) atoms. The summed E-state index contributed by atoms with van der Waals surface area (Å²) in [6.45, 7) is 0. The third kappa shape index (κ3) is 0.357. The van der Waals surface area contributed by atoms with E-state index in [1.54, 1.807) is 7.05 Å². The van der Waals surface area contributed by atoms with Gasteiger partial charge in [-0.2, -0.15) is 4.80 Å². The number of hydrogen-bond donors (Lipinski definition) is 0. The van der Waals surface area contributed by atoms with Crippen molar-refractivity contribution in [1.82, 2.24) is 20.2 Å². The molecule has 0 N–H and O–H groups in total. The second-order valence-corrected chi connectivity index (χ2v) is 0.879. The van der Waals surface area contributed by atoms with E-state index in [-0.39, 0.29) is 0 Å². The van der Waals surface area contributed by atoms with Crippen LogP contribution in [0.25, 0.3) is 0 Å². The Kier molecular flexibility index (Phi) is 0.567. The van der Waals surface area contributed by atoms with Crippen LogP contribution in [0.5, 0.6) is 0 Å². The normalized spacial score (nSPS) is 8.83. The van der Waals surface area contributed by atoms with Crippen molar-refractivity contribution in [3.63, 3.8) is 0 Å². The van der Waals surface area contributed by atoms with Gasteiger partial charge in [0.1, 0.15) is 0 Å². The van der Waals surface area contributed by atoms with E-state index < -0.39 is 0 Å². The predicted octanol–water partition coefficient (Wildman–Crippen LogP) is -0.990. The summed E-state index contributed by atoms with van der Waals surface area (Å²) in [6, 6.07) is 0. The molecule has 0 saturated heterocycles. The van der Waals surface area contributed by atoms with Crippen LogP contribution in [-0.4, -0.2) is 20.2 Å². The van der Waals surface area contributed by atoms with Crippen LogP contribution in [0.2, 0.25) is 0 Å². The Morgan fingerprint density at radius 1 is 1.67 bits per heavy atom. The highest BCUT2D eigenvalue weighted by molar-refractivity contribution is 4.25. The lowest BCUT2D eigenvalue weighted by Gasteiger charge is -1.71. The second kappa shape index (κ2) is 1.04. The van der Waals surface area contributed by atoms with Crippen LogP contribution in [0.3, 0.4) is 0 Å². The number of hydrogen-bond acceptors (Lipinski definition) is 3. The number of aromatic nitrogens is 4. The average Bonchev–Trinajstić information content (AvgIpc) is 1.86. The summed E-state index contributed by atoms with van der Waals surface area (Å²) in [5.41, 5.74) is 0. The van der Waals surface area contributed by atoms with Gasteiger partial charge in [0.2, 0.25) is 6.33 Å². The van der Waals surface area contributed by atoms with Gasteiger partial charge in [-0.3, -0.25) is 0 Å². The summed E-state index contributed by atoms with van der Waals surface area (Å²) >= 11 is 0. The predicted molar refractivity (Wildman–Crippen MR) is 17.6 cm³/mol. The lowest BCUT2D eigenvalue weighted by molar-refractivity contribution is 0.629. The molecule has 0 spiro atoms. The Hall–Kier alpha value is -0.930. The van der Waals surface area contributed by atoms with Gasteiger partial charge in [0.05, 0.1) is 7.05 Å². The van der Waals surface area contributed by atoms with Gasteiger partial charge in [0.15, 0.2) is 0 Å². The molecule has 1 rings (SSSR count). The molecule has 0 aliphatic carbocycles. The number of aryl methyl sites for hydroxylation is 1. The number of nitrogens with zero attached hydrogens (tertiary/aromatic N) is 4. The van der Waals surface area contributed by atoms with Gasteiger partial charge in [-0.05, 0) is 5.21 Å². The van der Waals surface area contributed by atoms with Crippen molar-refractivity contribution >= 4 is 0 Å². The Morgan fingerprint density at radius 3 is 2.67 bits per heavy atom. The fourth-order valence-corrected chi connectivity index (χ4v) is 0.189. The highest BCUT2D eigenvalue weighted by atomic mass is 15.6. The molecule has 4 nitrogen and oxygen atoms in total. The van der Waals surface area contributed by atoms with Crippen LogP contribution in [0.1, 0.15) is 0 Å². The standard InChI is InChI=1S/C2H3N4/c1-6-4-2-3-5-6/h1H3. The third-order valence-corrected chi connectivity index (χ3v) is 0.408. The highest BCUT2D eigenvalue weighted by Gasteiger charge is 1.74. The molecule has 0 aliphatic heterocycles. The fraction of sp³-hybridized carbons (Fsp3) is 0.500. The average molecular weight is 83.1 g/mol. The molecule has 0 unspecified atom stereocenters. The first kappa shape index (κ1) is 3.27. The summed E-state index contributed by atoms with van der Waals surface area (Å²) in [5.74, 6) is 0. The topological polar surface area (TPSA) is 43.6 Å². The van der Waals surface area contributed by atoms with E-state index in [1.807, 2.05) is 0 Å². The maximum absolute atomic E-state index is 3.49. The van der Waals surface area contributed by atoms with Crippen LogP contribution in [0, 0.1) is 6.33 Å². The van der Waals surface area contributed by atoms with Crippen LogP contribution in [0.15, 0.2) is 0 Å². The Balaban J connectivity index is 3.05. The largest absolute Gasteiger partial charge is 0.245 e. The molecule has 0 fully saturated rings. The molecular formula is C2H3N4. The van der Waals surface area contributed by atoms with Gasteiger partial charge >= 0.3 is 0 Å². The van der Waals surface area contributed by atoms with Crippen molar-refractivity contribution < 1.29 is 0 Å². The van der Waals surface area contributed by atoms with E-state index in [0.29, 0.717) is 0 Å². The van der Waals surface area contributed by atoms with Gasteiger partial charge in [-0.25, -0.2) is 0 Å². The molecule has 4 heteroatoms. The molecule has 0 amide bonds. The highest BCUT2D eigenvalue weighted by Crippen LogP contribution is 1.54. The van der Waals surface area contributed by atoms with Crippen molar-refractivity contribution in [2.75, 3.05) is 0 Å². The lowest BCUT2D eigenvalue weighted by atomic mass is 11.4. The van der Waals surface area contributed by atoms with Crippen molar-refractivity contribution in [2.45, 2.75) is 0 Å². The molecule has 0 bridgehead atoms. The van der Waals surface area contributed by atoms with E-state index in [2.05, 4.69) is 21.7 Å². The molecule has 1 aromatic rings. The minimum absolute atomic E-state index is 1.33. The van der Waals surface area contributed by atoms with Crippen LogP contribution >= 0.6 is 0 Å². The zero-order valence-electron chi connectivity index (χ0n) is 3.29. The van der Waals surface area contributed by atoms with Crippen molar-refractivity contribution in [3.05, 3.63) is 6.33 Å². The summed E-state index contributed by atoms with van der Waals surface area (Å²) in [7, 11) is 1.68. The van der Waals surface area contributed by atoms with Crippen LogP contribution in [0.4, 0.5) is 0 Å². The van der Waals surface area contributed by atoms with Gasteiger partial charge in [0.25, 0.3) is 0 Å². The minimum Gasteiger partial charge on any atom is -0.167 e. The monoisotopic (exact) mass is 83.0 g/mol. The fourth-order valence-electron chi connectivity index (χ4n) is 0.189. The van der Waals surface area contributed by atoms with Gasteiger partial charge in [-0.15, -0.1) is 10.2 Å². The maximum Gasteiger partial charge on any atom is 0.245 e.